The topological polar surface area (TPSA) is 64.1 Å². The predicted molar refractivity (Wildman–Crippen MR) is 71.4 cm³/mol. The molecule has 102 valence electrons. The van der Waals surface area contributed by atoms with Crippen LogP contribution in [0.25, 0.3) is 0 Å². The van der Waals surface area contributed by atoms with E-state index in [1.54, 1.807) is 0 Å². The average Bonchev–Trinajstić information content (AvgIpc) is 2.30. The van der Waals surface area contributed by atoms with E-state index in [1.807, 2.05) is 20.8 Å². The van der Waals surface area contributed by atoms with E-state index in [-0.39, 0.29) is 23.4 Å². The molecule has 1 aromatic heterocycles. The van der Waals surface area contributed by atoms with E-state index >= 15 is 0 Å². The van der Waals surface area contributed by atoms with Crippen LogP contribution >= 0.6 is 11.6 Å². The number of nitrogens with one attached hydrogen (secondary N) is 1. The highest BCUT2D eigenvalue weighted by molar-refractivity contribution is 6.30. The monoisotopic (exact) mass is 274 g/mol. The van der Waals surface area contributed by atoms with Crippen LogP contribution in [-0.4, -0.2) is 22.3 Å². The fraction of sp³-hybridized carbons (Fsp3) is 0.667. The van der Waals surface area contributed by atoms with Gasteiger partial charge in [-0.2, -0.15) is 0 Å². The highest BCUT2D eigenvalue weighted by Crippen LogP contribution is 2.08. The van der Waals surface area contributed by atoms with Crippen LogP contribution in [0.15, 0.2) is 9.59 Å². The number of H-pyrrole nitrogens is 1. The van der Waals surface area contributed by atoms with Crippen molar-refractivity contribution >= 4 is 11.6 Å². The van der Waals surface area contributed by atoms with Crippen molar-refractivity contribution in [2.45, 2.75) is 46.3 Å². The van der Waals surface area contributed by atoms with Gasteiger partial charge in [-0.05, 0) is 20.3 Å². The van der Waals surface area contributed by atoms with E-state index in [0.717, 1.165) is 11.0 Å². The van der Waals surface area contributed by atoms with Gasteiger partial charge in [0.05, 0.1) is 18.2 Å². The molecule has 0 aliphatic carbocycles. The summed E-state index contributed by atoms with van der Waals surface area (Å²) in [5.74, 6) is 0. The van der Waals surface area contributed by atoms with Crippen LogP contribution in [0.1, 0.15) is 32.8 Å². The second-order valence-corrected chi connectivity index (χ2v) is 4.53. The fourth-order valence-electron chi connectivity index (χ4n) is 1.81. The molecule has 1 rings (SSSR count). The maximum atomic E-state index is 12.1. The van der Waals surface area contributed by atoms with E-state index in [1.165, 1.54) is 0 Å². The van der Waals surface area contributed by atoms with E-state index in [0.29, 0.717) is 18.6 Å². The Morgan fingerprint density at radius 1 is 1.39 bits per heavy atom. The van der Waals surface area contributed by atoms with Crippen LogP contribution in [0.2, 0.25) is 5.15 Å². The zero-order chi connectivity index (χ0) is 13.7. The zero-order valence-electron chi connectivity index (χ0n) is 11.0. The van der Waals surface area contributed by atoms with Gasteiger partial charge >= 0.3 is 5.69 Å². The van der Waals surface area contributed by atoms with Gasteiger partial charge in [-0.1, -0.05) is 24.9 Å². The van der Waals surface area contributed by atoms with Gasteiger partial charge in [0, 0.05) is 6.61 Å². The molecule has 0 radical (unpaired) electrons. The van der Waals surface area contributed by atoms with Crippen molar-refractivity contribution in [3.05, 3.63) is 31.6 Å². The molecule has 1 N–H and O–H groups in total. The normalized spacial score (nSPS) is 12.7. The molecule has 0 aromatic carbocycles. The number of nitrogens with zero attached hydrogens (tertiary/aromatic N) is 1. The lowest BCUT2D eigenvalue weighted by Gasteiger charge is -2.14. The van der Waals surface area contributed by atoms with Crippen LogP contribution in [0.4, 0.5) is 0 Å². The van der Waals surface area contributed by atoms with Crippen molar-refractivity contribution in [2.24, 2.45) is 0 Å². The average molecular weight is 275 g/mol. The Morgan fingerprint density at radius 2 is 2.06 bits per heavy atom. The van der Waals surface area contributed by atoms with Gasteiger partial charge in [-0.15, -0.1) is 0 Å². The molecule has 0 amide bonds. The summed E-state index contributed by atoms with van der Waals surface area (Å²) < 4.78 is 6.49. The lowest BCUT2D eigenvalue weighted by Crippen LogP contribution is -2.40. The van der Waals surface area contributed by atoms with Crippen molar-refractivity contribution in [2.75, 3.05) is 6.61 Å². The van der Waals surface area contributed by atoms with E-state index in [2.05, 4.69) is 4.98 Å². The standard InChI is InChI=1S/C12H19ClN2O3/c1-4-6-9-10(13)14-12(17)15(11(9)16)7-8(3)18-5-2/h8H,4-7H2,1-3H3,(H,14,17). The molecular weight excluding hydrogens is 256 g/mol. The number of ether oxygens (including phenoxy) is 1. The van der Waals surface area contributed by atoms with E-state index in [4.69, 9.17) is 16.3 Å². The van der Waals surface area contributed by atoms with Crippen LogP contribution in [0.5, 0.6) is 0 Å². The first-order chi connectivity index (χ1) is 8.51. The molecule has 0 bridgehead atoms. The van der Waals surface area contributed by atoms with Gasteiger partial charge in [0.15, 0.2) is 0 Å². The minimum Gasteiger partial charge on any atom is -0.377 e. The molecule has 0 fully saturated rings. The van der Waals surface area contributed by atoms with Gasteiger partial charge < -0.3 is 4.74 Å². The molecule has 6 heteroatoms. The molecule has 5 nitrogen and oxygen atoms in total. The summed E-state index contributed by atoms with van der Waals surface area (Å²) in [6.45, 7) is 6.42. The number of aromatic nitrogens is 2. The second-order valence-electron chi connectivity index (χ2n) is 4.15. The van der Waals surface area contributed by atoms with Gasteiger partial charge in [0.2, 0.25) is 0 Å². The molecule has 0 aliphatic rings. The molecule has 1 unspecified atom stereocenters. The SMILES string of the molecule is CCCc1c(Cl)[nH]c(=O)n(CC(C)OCC)c1=O. The second kappa shape index (κ2) is 6.75. The van der Waals surface area contributed by atoms with Crippen LogP contribution < -0.4 is 11.2 Å². The maximum absolute atomic E-state index is 12.1. The maximum Gasteiger partial charge on any atom is 0.329 e. The summed E-state index contributed by atoms with van der Waals surface area (Å²) >= 11 is 5.88. The molecule has 0 saturated carbocycles. The van der Waals surface area contributed by atoms with Gasteiger partial charge in [-0.25, -0.2) is 4.79 Å². The first-order valence-electron chi connectivity index (χ1n) is 6.14. The summed E-state index contributed by atoms with van der Waals surface area (Å²) in [5, 5.41) is 0.146. The Bertz CT molecular complexity index is 507. The molecular formula is C12H19ClN2O3. The highest BCUT2D eigenvalue weighted by Gasteiger charge is 2.14. The Balaban J connectivity index is 3.15. The molecule has 0 spiro atoms. The fourth-order valence-corrected chi connectivity index (χ4v) is 2.07. The quantitative estimate of drug-likeness (QED) is 0.801. The summed E-state index contributed by atoms with van der Waals surface area (Å²) in [6.07, 6.45) is 1.16. The van der Waals surface area contributed by atoms with Crippen molar-refractivity contribution in [3.8, 4) is 0 Å². The number of aromatic amines is 1. The Hall–Kier alpha value is -1.07. The first-order valence-corrected chi connectivity index (χ1v) is 6.52. The summed E-state index contributed by atoms with van der Waals surface area (Å²) in [4.78, 5) is 26.4. The third-order valence-corrected chi connectivity index (χ3v) is 2.94. The smallest absolute Gasteiger partial charge is 0.329 e. The van der Waals surface area contributed by atoms with Crippen molar-refractivity contribution in [1.29, 1.82) is 0 Å². The Labute approximate surface area is 111 Å². The Kier molecular flexibility index (Phi) is 5.62. The number of halogens is 1. The van der Waals surface area contributed by atoms with Crippen LogP contribution in [-0.2, 0) is 17.7 Å². The van der Waals surface area contributed by atoms with Gasteiger partial charge in [-0.3, -0.25) is 14.3 Å². The minimum atomic E-state index is -0.489. The molecule has 1 atom stereocenters. The third-order valence-electron chi connectivity index (χ3n) is 2.62. The molecule has 0 aliphatic heterocycles. The zero-order valence-corrected chi connectivity index (χ0v) is 11.7. The molecule has 1 aromatic rings. The summed E-state index contributed by atoms with van der Waals surface area (Å²) in [6, 6.07) is 0. The lowest BCUT2D eigenvalue weighted by molar-refractivity contribution is 0.0623. The van der Waals surface area contributed by atoms with E-state index in [9.17, 15) is 9.59 Å². The highest BCUT2D eigenvalue weighted by atomic mass is 35.5. The summed E-state index contributed by atoms with van der Waals surface area (Å²) in [5.41, 5.74) is -0.351. The predicted octanol–water partition coefficient (Wildman–Crippen LogP) is 1.57. The molecule has 18 heavy (non-hydrogen) atoms. The van der Waals surface area contributed by atoms with Crippen LogP contribution in [0, 0.1) is 0 Å². The molecule has 0 saturated heterocycles. The van der Waals surface area contributed by atoms with E-state index < -0.39 is 5.69 Å². The summed E-state index contributed by atoms with van der Waals surface area (Å²) in [7, 11) is 0. The van der Waals surface area contributed by atoms with Crippen molar-refractivity contribution < 1.29 is 4.74 Å². The third kappa shape index (κ3) is 3.46. The van der Waals surface area contributed by atoms with Crippen LogP contribution in [0.3, 0.4) is 0 Å². The number of hydrogen-bond donors (Lipinski definition) is 1. The van der Waals surface area contributed by atoms with Gasteiger partial charge in [0.25, 0.3) is 5.56 Å². The molecule has 1 heterocycles. The number of hydrogen-bond acceptors (Lipinski definition) is 3. The minimum absolute atomic E-state index is 0.146. The number of rotatable bonds is 6. The lowest BCUT2D eigenvalue weighted by atomic mass is 10.2. The van der Waals surface area contributed by atoms with Crippen molar-refractivity contribution in [1.82, 2.24) is 9.55 Å². The first kappa shape index (κ1) is 15.0. The van der Waals surface area contributed by atoms with Gasteiger partial charge in [0.1, 0.15) is 5.15 Å². The Morgan fingerprint density at radius 3 is 2.61 bits per heavy atom. The van der Waals surface area contributed by atoms with Crippen molar-refractivity contribution in [3.63, 3.8) is 0 Å². The largest absolute Gasteiger partial charge is 0.377 e.